The largest absolute Gasteiger partial charge is 0.351 e. The molecule has 0 spiro atoms. The first kappa shape index (κ1) is 22.1. The van der Waals surface area contributed by atoms with Gasteiger partial charge in [0.05, 0.1) is 12.3 Å². The Morgan fingerprint density at radius 2 is 1.61 bits per heavy atom. The van der Waals surface area contributed by atoms with Crippen LogP contribution in [-0.2, 0) is 33.7 Å². The van der Waals surface area contributed by atoms with Crippen LogP contribution in [0.3, 0.4) is 0 Å². The molecule has 0 unspecified atom stereocenters. The minimum Gasteiger partial charge on any atom is -0.351 e. The van der Waals surface area contributed by atoms with Crippen molar-refractivity contribution in [2.24, 2.45) is 0 Å². The molecule has 0 bridgehead atoms. The fraction of sp³-hybridized carbons (Fsp3) is 0.381. The van der Waals surface area contributed by atoms with Crippen LogP contribution in [-0.4, -0.2) is 38.9 Å². The van der Waals surface area contributed by atoms with E-state index in [2.05, 4.69) is 10.0 Å². The molecule has 7 heteroatoms. The first-order valence-electron chi connectivity index (χ1n) is 9.31. The molecule has 0 aromatic heterocycles. The van der Waals surface area contributed by atoms with Crippen molar-refractivity contribution in [2.75, 3.05) is 13.6 Å². The van der Waals surface area contributed by atoms with Crippen LogP contribution >= 0.6 is 0 Å². The maximum atomic E-state index is 12.3. The molecular formula is C21H29N3O3S. The average Bonchev–Trinajstić information content (AvgIpc) is 2.60. The normalized spacial score (nSPS) is 11.8. The van der Waals surface area contributed by atoms with E-state index < -0.39 is 10.0 Å². The topological polar surface area (TPSA) is 78.5 Å². The third-order valence-electron chi connectivity index (χ3n) is 4.06. The Hall–Kier alpha value is -2.22. The Morgan fingerprint density at radius 1 is 1.00 bits per heavy atom. The maximum Gasteiger partial charge on any atom is 0.234 e. The van der Waals surface area contributed by atoms with Crippen molar-refractivity contribution in [3.8, 4) is 0 Å². The van der Waals surface area contributed by atoms with Gasteiger partial charge in [-0.05, 0) is 37.6 Å². The van der Waals surface area contributed by atoms with Crippen LogP contribution in [0.4, 0.5) is 0 Å². The molecule has 0 fully saturated rings. The second-order valence-electron chi connectivity index (χ2n) is 7.23. The van der Waals surface area contributed by atoms with Crippen molar-refractivity contribution < 1.29 is 13.2 Å². The van der Waals surface area contributed by atoms with Gasteiger partial charge in [0.1, 0.15) is 0 Å². The molecule has 0 aliphatic rings. The molecule has 2 aromatic carbocycles. The van der Waals surface area contributed by atoms with Crippen LogP contribution in [0.15, 0.2) is 54.6 Å². The van der Waals surface area contributed by atoms with Crippen LogP contribution in [0.5, 0.6) is 0 Å². The summed E-state index contributed by atoms with van der Waals surface area (Å²) < 4.78 is 27.0. The van der Waals surface area contributed by atoms with Crippen LogP contribution < -0.4 is 10.0 Å². The summed E-state index contributed by atoms with van der Waals surface area (Å²) in [7, 11) is -1.53. The van der Waals surface area contributed by atoms with Crippen molar-refractivity contribution in [1.29, 1.82) is 0 Å². The minimum absolute atomic E-state index is 0.101. The highest BCUT2D eigenvalue weighted by Crippen LogP contribution is 2.12. The zero-order valence-corrected chi connectivity index (χ0v) is 17.5. The summed E-state index contributed by atoms with van der Waals surface area (Å²) in [6, 6.07) is 17.1. The van der Waals surface area contributed by atoms with Crippen molar-refractivity contribution in [3.05, 3.63) is 71.3 Å². The minimum atomic E-state index is -3.42. The molecule has 0 saturated heterocycles. The number of carbonyl (C=O) groups excluding carboxylic acids is 1. The van der Waals surface area contributed by atoms with Gasteiger partial charge < -0.3 is 5.32 Å². The monoisotopic (exact) mass is 403 g/mol. The second kappa shape index (κ2) is 10.4. The number of carbonyl (C=O) groups is 1. The van der Waals surface area contributed by atoms with Crippen LogP contribution in [0.1, 0.15) is 30.5 Å². The van der Waals surface area contributed by atoms with E-state index in [1.165, 1.54) is 0 Å². The molecule has 0 aliphatic carbocycles. The first-order chi connectivity index (χ1) is 13.2. The van der Waals surface area contributed by atoms with Gasteiger partial charge in [-0.3, -0.25) is 9.69 Å². The van der Waals surface area contributed by atoms with Gasteiger partial charge >= 0.3 is 0 Å². The number of sulfonamides is 1. The Labute approximate surface area is 168 Å². The summed E-state index contributed by atoms with van der Waals surface area (Å²) in [5.74, 6) is -0.207. The summed E-state index contributed by atoms with van der Waals surface area (Å²) in [4.78, 5) is 14.2. The molecule has 2 aromatic rings. The van der Waals surface area contributed by atoms with Gasteiger partial charge in [0.2, 0.25) is 15.9 Å². The van der Waals surface area contributed by atoms with Gasteiger partial charge in [-0.15, -0.1) is 0 Å². The maximum absolute atomic E-state index is 12.3. The standard InChI is InChI=1S/C21H29N3O3S/c1-17(2)23-28(26,27)16-20-12-8-7-11-19(20)13-22-21(25)15-24(3)14-18-9-5-4-6-10-18/h4-12,17,23H,13-16H2,1-3H3,(H,22,25). The van der Waals surface area contributed by atoms with E-state index >= 15 is 0 Å². The molecule has 0 radical (unpaired) electrons. The van der Waals surface area contributed by atoms with E-state index in [-0.39, 0.29) is 24.2 Å². The van der Waals surface area contributed by atoms with Gasteiger partial charge in [-0.1, -0.05) is 54.6 Å². The van der Waals surface area contributed by atoms with Crippen LogP contribution in [0, 0.1) is 0 Å². The molecule has 0 aliphatic heterocycles. The number of benzene rings is 2. The zero-order valence-electron chi connectivity index (χ0n) is 16.7. The smallest absolute Gasteiger partial charge is 0.234 e. The van der Waals surface area contributed by atoms with Gasteiger partial charge in [0, 0.05) is 19.1 Å². The number of nitrogens with zero attached hydrogens (tertiary/aromatic N) is 1. The summed E-state index contributed by atoms with van der Waals surface area (Å²) in [5, 5.41) is 2.89. The Balaban J connectivity index is 1.91. The molecule has 152 valence electrons. The van der Waals surface area contributed by atoms with Gasteiger partial charge in [0.25, 0.3) is 0 Å². The Kier molecular flexibility index (Phi) is 8.17. The van der Waals surface area contributed by atoms with Crippen LogP contribution in [0.25, 0.3) is 0 Å². The van der Waals surface area contributed by atoms with Gasteiger partial charge in [0.15, 0.2) is 0 Å². The fourth-order valence-electron chi connectivity index (χ4n) is 2.92. The highest BCUT2D eigenvalue weighted by Gasteiger charge is 2.16. The highest BCUT2D eigenvalue weighted by molar-refractivity contribution is 7.88. The molecule has 0 saturated carbocycles. The molecule has 28 heavy (non-hydrogen) atoms. The van der Waals surface area contributed by atoms with Gasteiger partial charge in [-0.2, -0.15) is 0 Å². The van der Waals surface area contributed by atoms with E-state index in [9.17, 15) is 13.2 Å². The van der Waals surface area contributed by atoms with E-state index in [1.54, 1.807) is 26.0 Å². The highest BCUT2D eigenvalue weighted by atomic mass is 32.2. The molecular weight excluding hydrogens is 374 g/mol. The molecule has 0 atom stereocenters. The number of likely N-dealkylation sites (N-methyl/N-ethyl adjacent to an activating group) is 1. The quantitative estimate of drug-likeness (QED) is 0.638. The SMILES string of the molecule is CC(C)NS(=O)(=O)Cc1ccccc1CNC(=O)CN(C)Cc1ccccc1. The lowest BCUT2D eigenvalue weighted by Crippen LogP contribution is -2.35. The van der Waals surface area contributed by atoms with E-state index in [1.807, 2.05) is 54.4 Å². The Bertz CT molecular complexity index is 867. The van der Waals surface area contributed by atoms with Crippen molar-refractivity contribution in [1.82, 2.24) is 14.9 Å². The third-order valence-corrected chi connectivity index (χ3v) is 5.59. The predicted octanol–water partition coefficient (Wildman–Crippen LogP) is 2.26. The predicted molar refractivity (Wildman–Crippen MR) is 112 cm³/mol. The lowest BCUT2D eigenvalue weighted by molar-refractivity contribution is -0.122. The summed E-state index contributed by atoms with van der Waals surface area (Å²) in [5.41, 5.74) is 2.63. The molecule has 0 heterocycles. The van der Waals surface area contributed by atoms with Crippen LogP contribution in [0.2, 0.25) is 0 Å². The summed E-state index contributed by atoms with van der Waals surface area (Å²) in [6.45, 7) is 4.82. The first-order valence-corrected chi connectivity index (χ1v) is 11.0. The molecule has 1 amide bonds. The van der Waals surface area contributed by atoms with E-state index in [4.69, 9.17) is 0 Å². The Morgan fingerprint density at radius 3 is 2.25 bits per heavy atom. The van der Waals surface area contributed by atoms with Crippen molar-refractivity contribution in [3.63, 3.8) is 0 Å². The second-order valence-corrected chi connectivity index (χ2v) is 8.99. The van der Waals surface area contributed by atoms with Crippen molar-refractivity contribution >= 4 is 15.9 Å². The zero-order chi connectivity index (χ0) is 20.6. The number of nitrogens with one attached hydrogen (secondary N) is 2. The third kappa shape index (κ3) is 7.80. The molecule has 2 N–H and O–H groups in total. The number of hydrogen-bond acceptors (Lipinski definition) is 4. The lowest BCUT2D eigenvalue weighted by Gasteiger charge is -2.17. The lowest BCUT2D eigenvalue weighted by atomic mass is 10.1. The number of rotatable bonds is 10. The van der Waals surface area contributed by atoms with E-state index in [0.29, 0.717) is 18.7 Å². The molecule has 6 nitrogen and oxygen atoms in total. The molecule has 2 rings (SSSR count). The van der Waals surface area contributed by atoms with Gasteiger partial charge in [-0.25, -0.2) is 13.1 Å². The van der Waals surface area contributed by atoms with E-state index in [0.717, 1.165) is 11.1 Å². The summed E-state index contributed by atoms with van der Waals surface area (Å²) >= 11 is 0. The summed E-state index contributed by atoms with van der Waals surface area (Å²) in [6.07, 6.45) is 0. The van der Waals surface area contributed by atoms with Crippen molar-refractivity contribution in [2.45, 2.75) is 38.7 Å². The fourth-order valence-corrected chi connectivity index (χ4v) is 4.41. The number of hydrogen-bond donors (Lipinski definition) is 2. The number of amides is 1. The average molecular weight is 404 g/mol.